The molecule has 0 spiro atoms. The van der Waals surface area contributed by atoms with E-state index < -0.39 is 0 Å². The third kappa shape index (κ3) is 4.96. The predicted octanol–water partition coefficient (Wildman–Crippen LogP) is 1.73. The van der Waals surface area contributed by atoms with Crippen molar-refractivity contribution >= 4 is 22.9 Å². The lowest BCUT2D eigenvalue weighted by molar-refractivity contribution is -0.125. The van der Waals surface area contributed by atoms with Crippen LogP contribution in [0.3, 0.4) is 0 Å². The highest BCUT2D eigenvalue weighted by Gasteiger charge is 2.28. The highest BCUT2D eigenvalue weighted by molar-refractivity contribution is 5.79. The first-order chi connectivity index (χ1) is 15.5. The number of anilines is 1. The monoisotopic (exact) mass is 434 g/mol. The molecule has 1 fully saturated rings. The standard InChI is InChI=1S/C24H30N6O2/c1-28(2)15-13-26-23(31)19-10-7-14-29(17-19)22-24(32)30(16-18-8-4-3-5-9-18)21-20(27-22)11-6-12-25-21/h3-6,8-9,11-12,19H,7,10,13-17H2,1-2H3,(H,26,31). The van der Waals surface area contributed by atoms with Gasteiger partial charge in [0.1, 0.15) is 5.52 Å². The molecule has 168 valence electrons. The van der Waals surface area contributed by atoms with E-state index in [1.165, 1.54) is 0 Å². The molecule has 1 atom stereocenters. The minimum Gasteiger partial charge on any atom is -0.355 e. The molecule has 1 aliphatic heterocycles. The first kappa shape index (κ1) is 22.0. The molecule has 0 saturated carbocycles. The van der Waals surface area contributed by atoms with Crippen molar-refractivity contribution in [3.8, 4) is 0 Å². The Hall–Kier alpha value is -3.26. The number of amides is 1. The molecule has 1 saturated heterocycles. The van der Waals surface area contributed by atoms with E-state index in [0.29, 0.717) is 43.2 Å². The number of nitrogens with one attached hydrogen (secondary N) is 1. The van der Waals surface area contributed by atoms with Gasteiger partial charge in [-0.25, -0.2) is 9.97 Å². The molecule has 3 aromatic rings. The van der Waals surface area contributed by atoms with Crippen molar-refractivity contribution in [2.24, 2.45) is 5.92 Å². The molecule has 0 aliphatic carbocycles. The SMILES string of the molecule is CN(C)CCNC(=O)C1CCCN(c2nc3cccnc3n(Cc3ccccc3)c2=O)C1. The van der Waals surface area contributed by atoms with Crippen LogP contribution in [0.1, 0.15) is 18.4 Å². The van der Waals surface area contributed by atoms with E-state index in [0.717, 1.165) is 24.9 Å². The zero-order valence-corrected chi connectivity index (χ0v) is 18.7. The van der Waals surface area contributed by atoms with Gasteiger partial charge in [-0.05, 0) is 44.6 Å². The summed E-state index contributed by atoms with van der Waals surface area (Å²) in [6, 6.07) is 13.6. The quantitative estimate of drug-likeness (QED) is 0.610. The van der Waals surface area contributed by atoms with E-state index >= 15 is 0 Å². The van der Waals surface area contributed by atoms with Crippen LogP contribution >= 0.6 is 0 Å². The lowest BCUT2D eigenvalue weighted by atomic mass is 9.97. The number of nitrogens with zero attached hydrogens (tertiary/aromatic N) is 5. The molecule has 8 heteroatoms. The number of carbonyl (C=O) groups excluding carboxylic acids is 1. The summed E-state index contributed by atoms with van der Waals surface area (Å²) < 4.78 is 1.69. The second-order valence-corrected chi connectivity index (χ2v) is 8.54. The van der Waals surface area contributed by atoms with Crippen LogP contribution in [-0.2, 0) is 11.3 Å². The molecule has 3 heterocycles. The van der Waals surface area contributed by atoms with Crippen molar-refractivity contribution in [2.75, 3.05) is 45.2 Å². The number of aromatic nitrogens is 3. The Balaban J connectivity index is 1.61. The van der Waals surface area contributed by atoms with Gasteiger partial charge in [0.2, 0.25) is 5.91 Å². The number of hydrogen-bond acceptors (Lipinski definition) is 6. The number of hydrogen-bond donors (Lipinski definition) is 1. The summed E-state index contributed by atoms with van der Waals surface area (Å²) in [6.07, 6.45) is 3.34. The molecule has 8 nitrogen and oxygen atoms in total. The average molecular weight is 435 g/mol. The second kappa shape index (κ2) is 9.91. The molecular weight excluding hydrogens is 404 g/mol. The number of piperidine rings is 1. The first-order valence-corrected chi connectivity index (χ1v) is 11.1. The zero-order valence-electron chi connectivity index (χ0n) is 18.7. The van der Waals surface area contributed by atoms with Gasteiger partial charge in [0, 0.05) is 32.4 Å². The lowest BCUT2D eigenvalue weighted by Gasteiger charge is -2.32. The van der Waals surface area contributed by atoms with Crippen molar-refractivity contribution < 1.29 is 4.79 Å². The van der Waals surface area contributed by atoms with E-state index in [1.807, 2.05) is 66.4 Å². The fourth-order valence-electron chi connectivity index (χ4n) is 4.11. The van der Waals surface area contributed by atoms with E-state index in [9.17, 15) is 9.59 Å². The van der Waals surface area contributed by atoms with Gasteiger partial charge in [0.15, 0.2) is 11.5 Å². The van der Waals surface area contributed by atoms with Gasteiger partial charge in [0.05, 0.1) is 12.5 Å². The Morgan fingerprint density at radius 2 is 2.00 bits per heavy atom. The number of carbonyl (C=O) groups is 1. The van der Waals surface area contributed by atoms with Gasteiger partial charge in [-0.15, -0.1) is 0 Å². The summed E-state index contributed by atoms with van der Waals surface area (Å²) in [6.45, 7) is 3.04. The molecule has 4 rings (SSSR count). The van der Waals surface area contributed by atoms with E-state index in [4.69, 9.17) is 0 Å². The number of benzene rings is 1. The molecule has 1 aromatic carbocycles. The summed E-state index contributed by atoms with van der Waals surface area (Å²) in [5.74, 6) is 0.287. The molecule has 1 aliphatic rings. The Morgan fingerprint density at radius 1 is 1.19 bits per heavy atom. The van der Waals surface area contributed by atoms with Crippen LogP contribution in [-0.4, -0.2) is 65.6 Å². The van der Waals surface area contributed by atoms with Crippen LogP contribution in [0, 0.1) is 5.92 Å². The normalized spacial score (nSPS) is 16.5. The highest BCUT2D eigenvalue weighted by Crippen LogP contribution is 2.21. The largest absolute Gasteiger partial charge is 0.355 e. The third-order valence-electron chi connectivity index (χ3n) is 5.82. The van der Waals surface area contributed by atoms with Gasteiger partial charge in [-0.1, -0.05) is 30.3 Å². The van der Waals surface area contributed by atoms with Gasteiger partial charge in [0.25, 0.3) is 5.56 Å². The van der Waals surface area contributed by atoms with E-state index in [-0.39, 0.29) is 17.4 Å². The van der Waals surface area contributed by atoms with Crippen LogP contribution in [0.15, 0.2) is 53.5 Å². The second-order valence-electron chi connectivity index (χ2n) is 8.54. The Kier molecular flexibility index (Phi) is 6.80. The summed E-state index contributed by atoms with van der Waals surface area (Å²) in [4.78, 5) is 39.3. The van der Waals surface area contributed by atoms with Gasteiger partial charge >= 0.3 is 0 Å². The van der Waals surface area contributed by atoms with E-state index in [2.05, 4.69) is 15.3 Å². The summed E-state index contributed by atoms with van der Waals surface area (Å²) in [7, 11) is 3.96. The topological polar surface area (TPSA) is 83.4 Å². The van der Waals surface area contributed by atoms with Crippen molar-refractivity contribution in [3.63, 3.8) is 0 Å². The molecule has 1 amide bonds. The molecule has 1 N–H and O–H groups in total. The fraction of sp³-hybridized carbons (Fsp3) is 0.417. The van der Waals surface area contributed by atoms with Crippen molar-refractivity contribution in [1.29, 1.82) is 0 Å². The Bertz CT molecular complexity index is 1130. The first-order valence-electron chi connectivity index (χ1n) is 11.1. The van der Waals surface area contributed by atoms with Crippen LogP contribution in [0.2, 0.25) is 0 Å². The molecule has 1 unspecified atom stereocenters. The lowest BCUT2D eigenvalue weighted by Crippen LogP contribution is -2.46. The average Bonchev–Trinajstić information content (AvgIpc) is 2.81. The van der Waals surface area contributed by atoms with Crippen molar-refractivity contribution in [1.82, 2.24) is 24.8 Å². The van der Waals surface area contributed by atoms with Gasteiger partial charge in [-0.2, -0.15) is 0 Å². The molecule has 0 radical (unpaired) electrons. The summed E-state index contributed by atoms with van der Waals surface area (Å²) >= 11 is 0. The molecule has 32 heavy (non-hydrogen) atoms. The summed E-state index contributed by atoms with van der Waals surface area (Å²) in [5.41, 5.74) is 2.10. The van der Waals surface area contributed by atoms with Gasteiger partial charge < -0.3 is 15.1 Å². The number of fused-ring (bicyclic) bond motifs is 1. The summed E-state index contributed by atoms with van der Waals surface area (Å²) in [5, 5.41) is 3.02. The predicted molar refractivity (Wildman–Crippen MR) is 126 cm³/mol. The van der Waals surface area contributed by atoms with Crippen molar-refractivity contribution in [3.05, 3.63) is 64.6 Å². The van der Waals surface area contributed by atoms with Crippen LogP contribution in [0.25, 0.3) is 11.2 Å². The van der Waals surface area contributed by atoms with Crippen molar-refractivity contribution in [2.45, 2.75) is 19.4 Å². The molecular formula is C24H30N6O2. The van der Waals surface area contributed by atoms with Crippen LogP contribution in [0.4, 0.5) is 5.82 Å². The fourth-order valence-corrected chi connectivity index (χ4v) is 4.11. The van der Waals surface area contributed by atoms with E-state index in [1.54, 1.807) is 10.8 Å². The molecule has 0 bridgehead atoms. The van der Waals surface area contributed by atoms with Gasteiger partial charge in [-0.3, -0.25) is 14.2 Å². The van der Waals surface area contributed by atoms with Crippen LogP contribution < -0.4 is 15.8 Å². The minimum atomic E-state index is -0.172. The maximum atomic E-state index is 13.5. The number of likely N-dealkylation sites (N-methyl/N-ethyl adjacent to an activating group) is 1. The maximum absolute atomic E-state index is 13.5. The third-order valence-corrected chi connectivity index (χ3v) is 5.82. The minimum absolute atomic E-state index is 0.0450. The van der Waals surface area contributed by atoms with Crippen LogP contribution in [0.5, 0.6) is 0 Å². The Morgan fingerprint density at radius 3 is 2.78 bits per heavy atom. The smallest absolute Gasteiger partial charge is 0.295 e. The number of pyridine rings is 1. The number of rotatable bonds is 7. The highest BCUT2D eigenvalue weighted by atomic mass is 16.2. The Labute approximate surface area is 187 Å². The molecule has 2 aromatic heterocycles. The zero-order chi connectivity index (χ0) is 22.5. The maximum Gasteiger partial charge on any atom is 0.295 e.